The fourth-order valence-electron chi connectivity index (χ4n) is 3.11. The Kier molecular flexibility index (Phi) is 2.70. The lowest BCUT2D eigenvalue weighted by Gasteiger charge is -2.26. The Labute approximate surface area is 106 Å². The Bertz CT molecular complexity index is 557. The van der Waals surface area contributed by atoms with E-state index in [-0.39, 0.29) is 5.41 Å². The lowest BCUT2D eigenvalue weighted by molar-refractivity contribution is 0.401. The number of nitrogens with zero attached hydrogens (tertiary/aromatic N) is 2. The zero-order valence-corrected chi connectivity index (χ0v) is 10.6. The van der Waals surface area contributed by atoms with Gasteiger partial charge in [-0.25, -0.2) is 4.98 Å². The highest BCUT2D eigenvalue weighted by atomic mass is 16.5. The van der Waals surface area contributed by atoms with Crippen molar-refractivity contribution in [3.8, 4) is 5.88 Å². The van der Waals surface area contributed by atoms with Gasteiger partial charge in [0.2, 0.25) is 5.88 Å². The average Bonchev–Trinajstić information content (AvgIpc) is 3.05. The molecule has 5 nitrogen and oxygen atoms in total. The van der Waals surface area contributed by atoms with Gasteiger partial charge in [-0.2, -0.15) is 4.98 Å². The minimum Gasteiger partial charge on any atom is -0.479 e. The van der Waals surface area contributed by atoms with Crippen LogP contribution in [0.15, 0.2) is 12.5 Å². The van der Waals surface area contributed by atoms with Gasteiger partial charge in [-0.3, -0.25) is 0 Å². The van der Waals surface area contributed by atoms with E-state index >= 15 is 0 Å². The van der Waals surface area contributed by atoms with Crippen LogP contribution in [-0.2, 0) is 5.41 Å². The lowest BCUT2D eigenvalue weighted by Crippen LogP contribution is -2.31. The molecule has 2 heterocycles. The molecule has 0 amide bonds. The Hall–Kier alpha value is -1.62. The molecule has 3 rings (SSSR count). The van der Waals surface area contributed by atoms with E-state index in [0.29, 0.717) is 12.4 Å². The molecule has 3 N–H and O–H groups in total. The van der Waals surface area contributed by atoms with Gasteiger partial charge in [0.15, 0.2) is 0 Å². The van der Waals surface area contributed by atoms with Gasteiger partial charge in [0.25, 0.3) is 0 Å². The van der Waals surface area contributed by atoms with Gasteiger partial charge in [0.05, 0.1) is 12.6 Å². The summed E-state index contributed by atoms with van der Waals surface area (Å²) >= 11 is 0. The first-order chi connectivity index (χ1) is 8.80. The summed E-state index contributed by atoms with van der Waals surface area (Å²) < 4.78 is 5.26. The number of methoxy groups -OCH3 is 1. The van der Waals surface area contributed by atoms with Crippen molar-refractivity contribution in [2.24, 2.45) is 5.73 Å². The molecule has 1 saturated carbocycles. The first-order valence-electron chi connectivity index (χ1n) is 6.37. The standard InChI is InChI=1S/C13H18N4O/c1-18-12-11-10(16-8-17-12)9(6-15-11)13(7-14)4-2-3-5-13/h6,8,15H,2-5,7,14H2,1H3. The number of rotatable bonds is 3. The second kappa shape index (κ2) is 4.24. The maximum atomic E-state index is 6.03. The van der Waals surface area contributed by atoms with Crippen molar-refractivity contribution < 1.29 is 4.74 Å². The van der Waals surface area contributed by atoms with Crippen LogP contribution in [0.2, 0.25) is 0 Å². The van der Waals surface area contributed by atoms with Crippen molar-refractivity contribution in [1.82, 2.24) is 15.0 Å². The summed E-state index contributed by atoms with van der Waals surface area (Å²) in [6, 6.07) is 0. The predicted octanol–water partition coefficient (Wildman–Crippen LogP) is 1.74. The number of aromatic amines is 1. The summed E-state index contributed by atoms with van der Waals surface area (Å²) in [4.78, 5) is 11.8. The fraction of sp³-hybridized carbons (Fsp3) is 0.538. The molecule has 2 aromatic heterocycles. The normalized spacial score (nSPS) is 18.3. The van der Waals surface area contributed by atoms with Crippen LogP contribution in [0.3, 0.4) is 0 Å². The number of nitrogens with two attached hydrogens (primary N) is 1. The molecule has 0 atom stereocenters. The van der Waals surface area contributed by atoms with Gasteiger partial charge in [-0.05, 0) is 12.8 Å². The third-order valence-corrected chi connectivity index (χ3v) is 4.14. The fourth-order valence-corrected chi connectivity index (χ4v) is 3.11. The maximum Gasteiger partial charge on any atom is 0.241 e. The molecule has 1 aliphatic rings. The summed E-state index contributed by atoms with van der Waals surface area (Å²) in [5.74, 6) is 0.594. The minimum absolute atomic E-state index is 0.0810. The number of fused-ring (bicyclic) bond motifs is 1. The summed E-state index contributed by atoms with van der Waals surface area (Å²) in [6.45, 7) is 0.673. The van der Waals surface area contributed by atoms with Gasteiger partial charge >= 0.3 is 0 Å². The minimum atomic E-state index is 0.0810. The molecule has 2 aromatic rings. The molecule has 0 bridgehead atoms. The first-order valence-corrected chi connectivity index (χ1v) is 6.37. The molecule has 0 saturated heterocycles. The number of nitrogens with one attached hydrogen (secondary N) is 1. The number of hydrogen-bond donors (Lipinski definition) is 2. The van der Waals surface area contributed by atoms with Crippen molar-refractivity contribution in [2.45, 2.75) is 31.1 Å². The molecule has 96 valence electrons. The summed E-state index contributed by atoms with van der Waals surface area (Å²) in [5.41, 5.74) is 9.16. The van der Waals surface area contributed by atoms with Crippen molar-refractivity contribution in [3.05, 3.63) is 18.1 Å². The van der Waals surface area contributed by atoms with Crippen LogP contribution in [-0.4, -0.2) is 28.6 Å². The van der Waals surface area contributed by atoms with Crippen LogP contribution in [0.4, 0.5) is 0 Å². The zero-order valence-electron chi connectivity index (χ0n) is 10.6. The van der Waals surface area contributed by atoms with Crippen LogP contribution in [0, 0.1) is 0 Å². The van der Waals surface area contributed by atoms with E-state index in [4.69, 9.17) is 10.5 Å². The largest absolute Gasteiger partial charge is 0.479 e. The second-order valence-electron chi connectivity index (χ2n) is 5.00. The van der Waals surface area contributed by atoms with E-state index in [1.165, 1.54) is 18.4 Å². The van der Waals surface area contributed by atoms with Crippen molar-refractivity contribution >= 4 is 11.0 Å². The predicted molar refractivity (Wildman–Crippen MR) is 69.6 cm³/mol. The van der Waals surface area contributed by atoms with E-state index in [9.17, 15) is 0 Å². The number of aromatic nitrogens is 3. The van der Waals surface area contributed by atoms with Gasteiger partial charge in [0.1, 0.15) is 11.8 Å². The Morgan fingerprint density at radius 1 is 1.39 bits per heavy atom. The van der Waals surface area contributed by atoms with E-state index in [1.807, 2.05) is 6.20 Å². The molecule has 0 unspecified atom stereocenters. The smallest absolute Gasteiger partial charge is 0.241 e. The van der Waals surface area contributed by atoms with E-state index in [2.05, 4.69) is 15.0 Å². The third kappa shape index (κ3) is 1.50. The quantitative estimate of drug-likeness (QED) is 0.864. The summed E-state index contributed by atoms with van der Waals surface area (Å²) in [7, 11) is 1.62. The number of ether oxygens (including phenoxy) is 1. The molecule has 0 aromatic carbocycles. The highest BCUT2D eigenvalue weighted by molar-refractivity contribution is 5.84. The maximum absolute atomic E-state index is 6.03. The van der Waals surface area contributed by atoms with Gasteiger partial charge in [-0.15, -0.1) is 0 Å². The Balaban J connectivity index is 2.18. The van der Waals surface area contributed by atoms with Crippen molar-refractivity contribution in [3.63, 3.8) is 0 Å². The molecule has 0 radical (unpaired) electrons. The molecule has 1 fully saturated rings. The molecule has 18 heavy (non-hydrogen) atoms. The molecule has 1 aliphatic carbocycles. The topological polar surface area (TPSA) is 76.8 Å². The highest BCUT2D eigenvalue weighted by Crippen LogP contribution is 2.43. The molecular formula is C13H18N4O. The van der Waals surface area contributed by atoms with Crippen LogP contribution >= 0.6 is 0 Å². The summed E-state index contributed by atoms with van der Waals surface area (Å²) in [6.07, 6.45) is 8.35. The highest BCUT2D eigenvalue weighted by Gasteiger charge is 2.37. The van der Waals surface area contributed by atoms with Crippen LogP contribution < -0.4 is 10.5 Å². The van der Waals surface area contributed by atoms with Gasteiger partial charge < -0.3 is 15.5 Å². The van der Waals surface area contributed by atoms with Crippen LogP contribution in [0.25, 0.3) is 11.0 Å². The van der Waals surface area contributed by atoms with E-state index in [0.717, 1.165) is 23.9 Å². The first kappa shape index (κ1) is 11.5. The van der Waals surface area contributed by atoms with Crippen LogP contribution in [0.5, 0.6) is 5.88 Å². The Morgan fingerprint density at radius 2 is 2.17 bits per heavy atom. The van der Waals surface area contributed by atoms with Crippen LogP contribution in [0.1, 0.15) is 31.2 Å². The number of hydrogen-bond acceptors (Lipinski definition) is 4. The van der Waals surface area contributed by atoms with Gasteiger partial charge in [-0.1, -0.05) is 12.8 Å². The van der Waals surface area contributed by atoms with Crippen molar-refractivity contribution in [2.75, 3.05) is 13.7 Å². The molecule has 5 heteroatoms. The summed E-state index contributed by atoms with van der Waals surface area (Å²) in [5, 5.41) is 0. The molecular weight excluding hydrogens is 228 g/mol. The average molecular weight is 246 g/mol. The zero-order chi connectivity index (χ0) is 12.6. The van der Waals surface area contributed by atoms with Crippen molar-refractivity contribution in [1.29, 1.82) is 0 Å². The monoisotopic (exact) mass is 246 g/mol. The molecule has 0 aliphatic heterocycles. The molecule has 0 spiro atoms. The lowest BCUT2D eigenvalue weighted by atomic mass is 9.80. The van der Waals surface area contributed by atoms with E-state index < -0.39 is 0 Å². The van der Waals surface area contributed by atoms with E-state index in [1.54, 1.807) is 13.4 Å². The van der Waals surface area contributed by atoms with Gasteiger partial charge in [0, 0.05) is 23.7 Å². The third-order valence-electron chi connectivity index (χ3n) is 4.14. The number of H-pyrrole nitrogens is 1. The second-order valence-corrected chi connectivity index (χ2v) is 5.00. The Morgan fingerprint density at radius 3 is 2.83 bits per heavy atom. The SMILES string of the molecule is COc1ncnc2c(C3(CN)CCCC3)c[nH]c12.